The Hall–Kier alpha value is -0.500. The molecule has 0 saturated heterocycles. The van der Waals surface area contributed by atoms with Crippen LogP contribution in [0.3, 0.4) is 0 Å². The molecule has 60 heavy (non-hydrogen) atoms. The van der Waals surface area contributed by atoms with Crippen LogP contribution in [0.15, 0.2) is 0 Å². The summed E-state index contributed by atoms with van der Waals surface area (Å²) in [6.45, 7) is 5.48. The number of rotatable bonds is 50. The van der Waals surface area contributed by atoms with Crippen molar-refractivity contribution in [3.8, 4) is 0 Å². The molecular weight excluding hydrogens is 770 g/mol. The van der Waals surface area contributed by atoms with Gasteiger partial charge in [-0.2, -0.15) is 0 Å². The zero-order valence-electron chi connectivity index (χ0n) is 40.9. The molecule has 9 heteroatoms. The van der Waals surface area contributed by atoms with Crippen LogP contribution in [-0.2, 0) is 27.9 Å². The first-order chi connectivity index (χ1) is 29.1. The average molecular weight is 874 g/mol. The molecule has 0 saturated carbocycles. The molecule has 0 amide bonds. The molecule has 0 aliphatic heterocycles. The van der Waals surface area contributed by atoms with E-state index in [0.29, 0.717) is 24.1 Å². The first-order valence-corrected chi connectivity index (χ1v) is 27.7. The first kappa shape index (κ1) is 59.5. The zero-order valence-corrected chi connectivity index (χ0v) is 41.8. The van der Waals surface area contributed by atoms with E-state index in [1.165, 1.54) is 212 Å². The number of carbonyl (C=O) groups is 1. The van der Waals surface area contributed by atoms with Crippen molar-refractivity contribution in [3.05, 3.63) is 0 Å². The predicted octanol–water partition coefficient (Wildman–Crippen LogP) is 15.4. The summed E-state index contributed by atoms with van der Waals surface area (Å²) in [5.74, 6) is -0.327. The highest BCUT2D eigenvalue weighted by molar-refractivity contribution is 7.45. The number of carbonyl (C=O) groups excluding carboxylic acids is 1. The highest BCUT2D eigenvalue weighted by atomic mass is 31.2. The van der Waals surface area contributed by atoms with Crippen LogP contribution < -0.4 is 4.89 Å². The van der Waals surface area contributed by atoms with Gasteiger partial charge in [0, 0.05) is 13.0 Å². The number of hydrogen-bond acceptors (Lipinski definition) is 7. The largest absolute Gasteiger partial charge is 0.756 e. The molecule has 0 aromatic rings. The smallest absolute Gasteiger partial charge is 0.306 e. The van der Waals surface area contributed by atoms with E-state index in [1.807, 2.05) is 21.1 Å². The van der Waals surface area contributed by atoms with E-state index in [1.54, 1.807) is 0 Å². The van der Waals surface area contributed by atoms with Gasteiger partial charge in [-0.05, 0) is 12.8 Å². The van der Waals surface area contributed by atoms with Gasteiger partial charge in [0.25, 0.3) is 7.82 Å². The maximum absolute atomic E-state index is 12.7. The summed E-state index contributed by atoms with van der Waals surface area (Å²) in [6.07, 6.45) is 49.9. The summed E-state index contributed by atoms with van der Waals surface area (Å²) in [6, 6.07) is 0. The van der Waals surface area contributed by atoms with Crippen LogP contribution in [0.5, 0.6) is 0 Å². The SMILES string of the molecule is CCCCCCCCCCCCCCCCCCCCCCCCCCCOCC(COP(=O)([O-])OCC[N+](C)(C)C)OC(=O)CCCCCCCCCCCCCCC. The number of likely N-dealkylation sites (N-methyl/N-ethyl adjacent to an activating group) is 1. The van der Waals surface area contributed by atoms with Gasteiger partial charge in [-0.25, -0.2) is 0 Å². The molecule has 8 nitrogen and oxygen atoms in total. The van der Waals surface area contributed by atoms with Gasteiger partial charge < -0.3 is 27.9 Å². The van der Waals surface area contributed by atoms with Crippen LogP contribution in [0, 0.1) is 0 Å². The zero-order chi connectivity index (χ0) is 44.1. The minimum absolute atomic E-state index is 0.0316. The Labute approximate surface area is 374 Å². The standard InChI is InChI=1S/C51H104NO7P/c1-6-8-10-12-14-16-18-20-21-22-23-24-25-26-27-28-29-30-31-33-35-37-39-41-43-46-56-48-50(49-58-60(54,55)57-47-45-52(3,4)5)59-51(53)44-42-40-38-36-34-32-19-17-15-13-11-9-7-2/h50H,6-49H2,1-5H3. The van der Waals surface area contributed by atoms with E-state index in [9.17, 15) is 14.3 Å². The Morgan fingerprint density at radius 1 is 0.450 bits per heavy atom. The maximum atomic E-state index is 12.7. The fraction of sp³-hybridized carbons (Fsp3) is 0.980. The van der Waals surface area contributed by atoms with E-state index in [2.05, 4.69) is 13.8 Å². The van der Waals surface area contributed by atoms with E-state index in [0.717, 1.165) is 32.1 Å². The molecule has 2 atom stereocenters. The normalized spacial score (nSPS) is 13.5. The van der Waals surface area contributed by atoms with Crippen LogP contribution in [-0.4, -0.2) is 70.7 Å². The van der Waals surface area contributed by atoms with Gasteiger partial charge in [-0.1, -0.05) is 245 Å². The Bertz CT molecular complexity index is 930. The molecule has 0 aromatic carbocycles. The Balaban J connectivity index is 3.98. The van der Waals surface area contributed by atoms with Crippen molar-refractivity contribution in [1.82, 2.24) is 0 Å². The van der Waals surface area contributed by atoms with Crippen LogP contribution in [0.4, 0.5) is 0 Å². The second-order valence-corrected chi connectivity index (χ2v) is 20.7. The molecular formula is C51H104NO7P. The van der Waals surface area contributed by atoms with Gasteiger partial charge in [-0.3, -0.25) is 9.36 Å². The molecule has 0 rings (SSSR count). The summed E-state index contributed by atoms with van der Waals surface area (Å²) in [7, 11) is 1.38. The Morgan fingerprint density at radius 2 is 0.767 bits per heavy atom. The molecule has 0 aliphatic rings. The van der Waals surface area contributed by atoms with E-state index in [4.69, 9.17) is 18.5 Å². The monoisotopic (exact) mass is 874 g/mol. The lowest BCUT2D eigenvalue weighted by Crippen LogP contribution is -2.37. The van der Waals surface area contributed by atoms with Crippen molar-refractivity contribution >= 4 is 13.8 Å². The molecule has 0 aromatic heterocycles. The van der Waals surface area contributed by atoms with Crippen molar-refractivity contribution in [2.75, 3.05) is 54.1 Å². The predicted molar refractivity (Wildman–Crippen MR) is 255 cm³/mol. The third kappa shape index (κ3) is 48.5. The summed E-state index contributed by atoms with van der Waals surface area (Å²) in [5.41, 5.74) is 0. The lowest BCUT2D eigenvalue weighted by molar-refractivity contribution is -0.870. The van der Waals surface area contributed by atoms with Crippen molar-refractivity contribution < 1.29 is 37.3 Å². The number of hydrogen-bond donors (Lipinski definition) is 0. The van der Waals surface area contributed by atoms with Gasteiger partial charge in [0.2, 0.25) is 0 Å². The van der Waals surface area contributed by atoms with Gasteiger partial charge >= 0.3 is 5.97 Å². The second-order valence-electron chi connectivity index (χ2n) is 19.3. The number of nitrogens with zero attached hydrogens (tertiary/aromatic N) is 1. The molecule has 0 spiro atoms. The van der Waals surface area contributed by atoms with Crippen molar-refractivity contribution in [2.24, 2.45) is 0 Å². The molecule has 0 bridgehead atoms. The Morgan fingerprint density at radius 3 is 1.10 bits per heavy atom. The lowest BCUT2D eigenvalue weighted by atomic mass is 10.0. The average Bonchev–Trinajstić information content (AvgIpc) is 3.20. The molecule has 0 aliphatic carbocycles. The third-order valence-corrected chi connectivity index (χ3v) is 12.9. The number of phosphoric ester groups is 1. The minimum Gasteiger partial charge on any atom is -0.756 e. The maximum Gasteiger partial charge on any atom is 0.306 e. The number of unbranched alkanes of at least 4 members (excludes halogenated alkanes) is 36. The third-order valence-electron chi connectivity index (χ3n) is 11.9. The van der Waals surface area contributed by atoms with Gasteiger partial charge in [0.15, 0.2) is 0 Å². The van der Waals surface area contributed by atoms with Crippen LogP contribution in [0.25, 0.3) is 0 Å². The van der Waals surface area contributed by atoms with Crippen molar-refractivity contribution in [3.63, 3.8) is 0 Å². The van der Waals surface area contributed by atoms with Gasteiger partial charge in [0.1, 0.15) is 19.3 Å². The van der Waals surface area contributed by atoms with E-state index in [-0.39, 0.29) is 25.8 Å². The summed E-state index contributed by atoms with van der Waals surface area (Å²) < 4.78 is 34.7. The fourth-order valence-electron chi connectivity index (χ4n) is 7.84. The van der Waals surface area contributed by atoms with Crippen LogP contribution in [0.2, 0.25) is 0 Å². The topological polar surface area (TPSA) is 94.1 Å². The quantitative estimate of drug-likeness (QED) is 0.0260. The Kier molecular flexibility index (Phi) is 44.7. The van der Waals surface area contributed by atoms with E-state index < -0.39 is 13.9 Å². The molecule has 0 heterocycles. The molecule has 0 N–H and O–H groups in total. The summed E-state index contributed by atoms with van der Waals surface area (Å²) >= 11 is 0. The van der Waals surface area contributed by atoms with Gasteiger partial charge in [-0.15, -0.1) is 0 Å². The summed E-state index contributed by atoms with van der Waals surface area (Å²) in [4.78, 5) is 25.1. The highest BCUT2D eigenvalue weighted by Crippen LogP contribution is 2.38. The number of esters is 1. The number of quaternary nitrogens is 1. The molecule has 0 radical (unpaired) electrons. The van der Waals surface area contributed by atoms with Crippen LogP contribution >= 0.6 is 7.82 Å². The van der Waals surface area contributed by atoms with Gasteiger partial charge in [0.05, 0.1) is 34.4 Å². The number of ether oxygens (including phenoxy) is 2. The van der Waals surface area contributed by atoms with Crippen LogP contribution in [0.1, 0.15) is 264 Å². The minimum atomic E-state index is -4.52. The second kappa shape index (κ2) is 45.1. The lowest BCUT2D eigenvalue weighted by Gasteiger charge is -2.28. The molecule has 0 fully saturated rings. The molecule has 2 unspecified atom stereocenters. The first-order valence-electron chi connectivity index (χ1n) is 26.3. The van der Waals surface area contributed by atoms with E-state index >= 15 is 0 Å². The summed E-state index contributed by atoms with van der Waals surface area (Å²) in [5, 5.41) is 0. The molecule has 360 valence electrons. The highest BCUT2D eigenvalue weighted by Gasteiger charge is 2.20. The van der Waals surface area contributed by atoms with Crippen molar-refractivity contribution in [2.45, 2.75) is 270 Å². The number of phosphoric acid groups is 1. The van der Waals surface area contributed by atoms with Crippen molar-refractivity contribution in [1.29, 1.82) is 0 Å². The fourth-order valence-corrected chi connectivity index (χ4v) is 8.57.